The largest absolute Gasteiger partial charge is 0.394 e. The molecule has 1 aliphatic rings. The minimum Gasteiger partial charge on any atom is -0.394 e. The molecule has 1 amide bonds. The van der Waals surface area contributed by atoms with Gasteiger partial charge in [0, 0.05) is 10.9 Å². The lowest BCUT2D eigenvalue weighted by Crippen LogP contribution is -2.50. The van der Waals surface area contributed by atoms with E-state index in [2.05, 4.69) is 10.3 Å². The number of halogens is 2. The lowest BCUT2D eigenvalue weighted by Gasteiger charge is -2.28. The highest BCUT2D eigenvalue weighted by molar-refractivity contribution is 7.13. The smallest absolute Gasteiger partial charge is 0.271 e. The number of amides is 1. The zero-order valence-corrected chi connectivity index (χ0v) is 13.3. The van der Waals surface area contributed by atoms with Crippen LogP contribution in [0.4, 0.5) is 8.78 Å². The molecule has 0 spiro atoms. The van der Waals surface area contributed by atoms with Gasteiger partial charge in [-0.15, -0.1) is 11.3 Å². The maximum absolute atomic E-state index is 13.3. The van der Waals surface area contributed by atoms with E-state index < -0.39 is 17.2 Å². The van der Waals surface area contributed by atoms with Crippen LogP contribution < -0.4 is 5.32 Å². The van der Waals surface area contributed by atoms with Crippen molar-refractivity contribution in [1.29, 1.82) is 0 Å². The van der Waals surface area contributed by atoms with Gasteiger partial charge in [-0.3, -0.25) is 4.79 Å². The van der Waals surface area contributed by atoms with E-state index in [9.17, 15) is 18.7 Å². The quantitative estimate of drug-likeness (QED) is 0.881. The van der Waals surface area contributed by atoms with Gasteiger partial charge in [-0.1, -0.05) is 0 Å². The maximum Gasteiger partial charge on any atom is 0.271 e. The van der Waals surface area contributed by atoms with Crippen LogP contribution in [0.5, 0.6) is 0 Å². The summed E-state index contributed by atoms with van der Waals surface area (Å²) in [4.78, 5) is 16.5. The van der Waals surface area contributed by atoms with Crippen molar-refractivity contribution in [2.75, 3.05) is 6.61 Å². The molecule has 1 fully saturated rings. The summed E-state index contributed by atoms with van der Waals surface area (Å²) in [6, 6.07) is 3.50. The highest BCUT2D eigenvalue weighted by Gasteiger charge is 2.42. The molecule has 1 aliphatic carbocycles. The predicted octanol–water partition coefficient (Wildman–Crippen LogP) is 2.98. The summed E-state index contributed by atoms with van der Waals surface area (Å²) >= 11 is 1.18. The van der Waals surface area contributed by atoms with E-state index in [-0.39, 0.29) is 24.1 Å². The number of rotatable bonds is 5. The minimum atomic E-state index is -0.953. The van der Waals surface area contributed by atoms with Crippen LogP contribution in [0.2, 0.25) is 0 Å². The Labute approximate surface area is 136 Å². The first-order valence-corrected chi connectivity index (χ1v) is 8.15. The van der Waals surface area contributed by atoms with Crippen molar-refractivity contribution in [2.24, 2.45) is 5.92 Å². The number of aliphatic hydroxyl groups is 1. The van der Waals surface area contributed by atoms with Crippen LogP contribution in [0.3, 0.4) is 0 Å². The number of carbonyl (C=O) groups is 1. The molecule has 2 N–H and O–H groups in total. The fraction of sp³-hybridized carbons (Fsp3) is 0.375. The molecule has 4 nitrogen and oxygen atoms in total. The van der Waals surface area contributed by atoms with Gasteiger partial charge in [-0.25, -0.2) is 13.8 Å². The Hall–Kier alpha value is -1.86. The Morgan fingerprint density at radius 1 is 1.43 bits per heavy atom. The van der Waals surface area contributed by atoms with E-state index in [1.54, 1.807) is 5.38 Å². The van der Waals surface area contributed by atoms with Gasteiger partial charge in [-0.2, -0.15) is 0 Å². The molecule has 1 unspecified atom stereocenters. The fourth-order valence-corrected chi connectivity index (χ4v) is 3.25. The highest BCUT2D eigenvalue weighted by atomic mass is 32.1. The van der Waals surface area contributed by atoms with Gasteiger partial charge < -0.3 is 10.4 Å². The minimum absolute atomic E-state index is 0.135. The molecule has 1 atom stereocenters. The number of hydrogen-bond donors (Lipinski definition) is 2. The first-order valence-electron chi connectivity index (χ1n) is 7.27. The van der Waals surface area contributed by atoms with E-state index in [0.29, 0.717) is 10.6 Å². The van der Waals surface area contributed by atoms with E-state index in [0.717, 1.165) is 25.0 Å². The van der Waals surface area contributed by atoms with Crippen molar-refractivity contribution in [3.05, 3.63) is 40.9 Å². The second kappa shape index (κ2) is 5.98. The number of carbonyl (C=O) groups excluding carboxylic acids is 1. The number of aliphatic hydroxyl groups excluding tert-OH is 1. The zero-order valence-electron chi connectivity index (χ0n) is 12.5. The molecular formula is C16H16F2N2O2S. The van der Waals surface area contributed by atoms with E-state index in [4.69, 9.17) is 0 Å². The monoisotopic (exact) mass is 338 g/mol. The average Bonchev–Trinajstić information content (AvgIpc) is 3.28. The van der Waals surface area contributed by atoms with Gasteiger partial charge in [0.1, 0.15) is 10.7 Å². The maximum atomic E-state index is 13.3. The van der Waals surface area contributed by atoms with Crippen molar-refractivity contribution in [3.8, 4) is 10.6 Å². The summed E-state index contributed by atoms with van der Waals surface area (Å²) in [5, 5.41) is 14.4. The Bertz CT molecular complexity index is 745. The number of nitrogens with one attached hydrogen (secondary N) is 1. The van der Waals surface area contributed by atoms with Gasteiger partial charge in [-0.05, 0) is 43.9 Å². The Morgan fingerprint density at radius 3 is 2.78 bits per heavy atom. The predicted molar refractivity (Wildman–Crippen MR) is 83.1 cm³/mol. The summed E-state index contributed by atoms with van der Waals surface area (Å²) in [6.45, 7) is 1.68. The Morgan fingerprint density at radius 2 is 2.17 bits per heavy atom. The highest BCUT2D eigenvalue weighted by Crippen LogP contribution is 2.39. The van der Waals surface area contributed by atoms with Gasteiger partial charge in [0.2, 0.25) is 0 Å². The van der Waals surface area contributed by atoms with Crippen LogP contribution in [-0.4, -0.2) is 28.1 Å². The SMILES string of the molecule is CC(CO)(NC(=O)c1csc(-c2ccc(F)c(F)c2)n1)C1CC1. The molecule has 1 heterocycles. The van der Waals surface area contributed by atoms with Crippen LogP contribution in [0.1, 0.15) is 30.3 Å². The summed E-state index contributed by atoms with van der Waals surface area (Å²) in [6.07, 6.45) is 1.96. The fourth-order valence-electron chi connectivity index (χ4n) is 2.45. The summed E-state index contributed by atoms with van der Waals surface area (Å²) in [5.41, 5.74) is -0.0295. The van der Waals surface area contributed by atoms with Crippen molar-refractivity contribution < 1.29 is 18.7 Å². The van der Waals surface area contributed by atoms with Crippen LogP contribution in [0.25, 0.3) is 10.6 Å². The molecule has 0 saturated heterocycles. The topological polar surface area (TPSA) is 62.2 Å². The number of aromatic nitrogens is 1. The number of benzene rings is 1. The molecule has 7 heteroatoms. The van der Waals surface area contributed by atoms with Gasteiger partial charge in [0.15, 0.2) is 11.6 Å². The van der Waals surface area contributed by atoms with Crippen LogP contribution >= 0.6 is 11.3 Å². The Balaban J connectivity index is 1.78. The van der Waals surface area contributed by atoms with E-state index in [1.165, 1.54) is 17.4 Å². The molecule has 122 valence electrons. The van der Waals surface area contributed by atoms with E-state index >= 15 is 0 Å². The molecular weight excluding hydrogens is 322 g/mol. The van der Waals surface area contributed by atoms with Crippen molar-refractivity contribution in [1.82, 2.24) is 10.3 Å². The molecule has 2 aromatic rings. The third-order valence-electron chi connectivity index (χ3n) is 4.11. The van der Waals surface area contributed by atoms with Crippen LogP contribution in [0, 0.1) is 17.6 Å². The summed E-state index contributed by atoms with van der Waals surface area (Å²) in [7, 11) is 0. The number of hydrogen-bond acceptors (Lipinski definition) is 4. The molecule has 1 aromatic carbocycles. The standard InChI is InChI=1S/C16H16F2N2O2S/c1-16(8-21,10-3-4-10)20-14(22)13-7-23-15(19-13)9-2-5-11(17)12(18)6-9/h2,5-7,10,21H,3-4,8H2,1H3,(H,20,22). The van der Waals surface area contributed by atoms with Crippen LogP contribution in [-0.2, 0) is 0 Å². The zero-order chi connectivity index (χ0) is 16.6. The van der Waals surface area contributed by atoms with Gasteiger partial charge >= 0.3 is 0 Å². The number of thiazole rings is 1. The molecule has 1 aromatic heterocycles. The molecule has 1 saturated carbocycles. The van der Waals surface area contributed by atoms with E-state index in [1.807, 2.05) is 6.92 Å². The van der Waals surface area contributed by atoms with Crippen molar-refractivity contribution >= 4 is 17.2 Å². The second-order valence-corrected chi connectivity index (χ2v) is 6.83. The van der Waals surface area contributed by atoms with Crippen molar-refractivity contribution in [2.45, 2.75) is 25.3 Å². The van der Waals surface area contributed by atoms with Gasteiger partial charge in [0.25, 0.3) is 5.91 Å². The second-order valence-electron chi connectivity index (χ2n) is 5.97. The molecule has 0 bridgehead atoms. The Kier molecular flexibility index (Phi) is 4.16. The lowest BCUT2D eigenvalue weighted by molar-refractivity contribution is 0.0820. The average molecular weight is 338 g/mol. The first-order chi connectivity index (χ1) is 10.9. The normalized spacial score (nSPS) is 16.9. The lowest BCUT2D eigenvalue weighted by atomic mass is 9.97. The third-order valence-corrected chi connectivity index (χ3v) is 5.00. The number of nitrogens with zero attached hydrogens (tertiary/aromatic N) is 1. The summed E-state index contributed by atoms with van der Waals surface area (Å²) < 4.78 is 26.3. The van der Waals surface area contributed by atoms with Gasteiger partial charge in [0.05, 0.1) is 12.1 Å². The molecule has 23 heavy (non-hydrogen) atoms. The van der Waals surface area contributed by atoms with Crippen LogP contribution in [0.15, 0.2) is 23.6 Å². The summed E-state index contributed by atoms with van der Waals surface area (Å²) in [5.74, 6) is -1.98. The van der Waals surface area contributed by atoms with Crippen molar-refractivity contribution in [3.63, 3.8) is 0 Å². The molecule has 3 rings (SSSR count). The molecule has 0 aliphatic heterocycles. The molecule has 0 radical (unpaired) electrons. The third kappa shape index (κ3) is 3.25. The first kappa shape index (κ1) is 16.0.